The molecule has 2 rings (SSSR count). The molecule has 0 atom stereocenters. The Morgan fingerprint density at radius 1 is 0.704 bits per heavy atom. The van der Waals surface area contributed by atoms with E-state index in [-0.39, 0.29) is 5.41 Å². The van der Waals surface area contributed by atoms with Crippen LogP contribution in [0.5, 0.6) is 0 Å². The van der Waals surface area contributed by atoms with E-state index < -0.39 is 5.97 Å². The minimum atomic E-state index is -0.671. The minimum absolute atomic E-state index is 0.0688. The van der Waals surface area contributed by atoms with Gasteiger partial charge in [-0.05, 0) is 24.0 Å². The molecule has 0 fully saturated rings. The molecule has 2 nitrogen and oxygen atoms in total. The number of aliphatic carboxylic acids is 1. The van der Waals surface area contributed by atoms with E-state index in [1.54, 1.807) is 0 Å². The van der Waals surface area contributed by atoms with Gasteiger partial charge in [-0.15, -0.1) is 0 Å². The van der Waals surface area contributed by atoms with Crippen molar-refractivity contribution in [1.29, 1.82) is 0 Å². The topological polar surface area (TPSA) is 37.3 Å². The van der Waals surface area contributed by atoms with Crippen LogP contribution in [-0.4, -0.2) is 11.1 Å². The molecule has 0 saturated heterocycles. The summed E-state index contributed by atoms with van der Waals surface area (Å²) in [5.74, 6) is -0.671. The van der Waals surface area contributed by atoms with Gasteiger partial charge in [0, 0.05) is 11.8 Å². The van der Waals surface area contributed by atoms with Crippen LogP contribution in [0, 0.1) is 0 Å². The van der Waals surface area contributed by atoms with Crippen LogP contribution in [-0.2, 0) is 10.2 Å². The van der Waals surface area contributed by atoms with Gasteiger partial charge in [0.15, 0.2) is 0 Å². The first-order valence-electron chi connectivity index (χ1n) is 10.5. The highest BCUT2D eigenvalue weighted by molar-refractivity contribution is 5.66. The fourth-order valence-corrected chi connectivity index (χ4v) is 3.88. The molecule has 0 amide bonds. The van der Waals surface area contributed by atoms with Crippen molar-refractivity contribution in [3.05, 3.63) is 71.8 Å². The summed E-state index contributed by atoms with van der Waals surface area (Å²) in [7, 11) is 0. The monoisotopic (exact) mass is 366 g/mol. The van der Waals surface area contributed by atoms with E-state index >= 15 is 0 Å². The fraction of sp³-hybridized carbons (Fsp3) is 0.480. The average molecular weight is 367 g/mol. The number of hydrogen-bond acceptors (Lipinski definition) is 1. The van der Waals surface area contributed by atoms with Gasteiger partial charge < -0.3 is 5.11 Å². The van der Waals surface area contributed by atoms with Crippen molar-refractivity contribution >= 4 is 5.97 Å². The molecule has 2 aromatic rings. The van der Waals surface area contributed by atoms with E-state index in [1.807, 2.05) is 0 Å². The summed E-state index contributed by atoms with van der Waals surface area (Å²) in [4.78, 5) is 10.5. The van der Waals surface area contributed by atoms with Crippen LogP contribution in [0.3, 0.4) is 0 Å². The summed E-state index contributed by atoms with van der Waals surface area (Å²) in [6.45, 7) is 2.38. The number of benzene rings is 2. The summed E-state index contributed by atoms with van der Waals surface area (Å²) in [6, 6.07) is 21.8. The van der Waals surface area contributed by atoms with E-state index in [4.69, 9.17) is 5.11 Å². The third kappa shape index (κ3) is 7.21. The zero-order valence-corrected chi connectivity index (χ0v) is 16.7. The molecule has 146 valence electrons. The van der Waals surface area contributed by atoms with Crippen LogP contribution < -0.4 is 0 Å². The van der Waals surface area contributed by atoms with E-state index in [2.05, 4.69) is 67.6 Å². The number of unbranched alkanes of at least 4 members (excludes halogenated alkanes) is 7. The van der Waals surface area contributed by atoms with Crippen molar-refractivity contribution in [3.8, 4) is 0 Å². The Balaban J connectivity index is 1.75. The van der Waals surface area contributed by atoms with Gasteiger partial charge in [-0.2, -0.15) is 0 Å². The molecule has 0 bridgehead atoms. The van der Waals surface area contributed by atoms with Gasteiger partial charge in [0.05, 0.1) is 0 Å². The molecule has 2 heteroatoms. The molecule has 27 heavy (non-hydrogen) atoms. The van der Waals surface area contributed by atoms with E-state index in [1.165, 1.54) is 56.1 Å². The summed E-state index contributed by atoms with van der Waals surface area (Å²) in [5.41, 5.74) is 2.86. The quantitative estimate of drug-likeness (QED) is 0.388. The predicted molar refractivity (Wildman–Crippen MR) is 113 cm³/mol. The highest BCUT2D eigenvalue weighted by atomic mass is 16.4. The van der Waals surface area contributed by atoms with Crippen LogP contribution in [0.25, 0.3) is 0 Å². The highest BCUT2D eigenvalue weighted by Crippen LogP contribution is 2.36. The van der Waals surface area contributed by atoms with Gasteiger partial charge in [0.1, 0.15) is 0 Å². The molecule has 0 aliphatic carbocycles. The van der Waals surface area contributed by atoms with Crippen LogP contribution in [0.2, 0.25) is 0 Å². The average Bonchev–Trinajstić information content (AvgIpc) is 2.70. The Labute approximate surface area is 164 Å². The van der Waals surface area contributed by atoms with Crippen molar-refractivity contribution in [3.63, 3.8) is 0 Å². The van der Waals surface area contributed by atoms with Gasteiger partial charge in [-0.25, -0.2) is 0 Å². The number of carbonyl (C=O) groups is 1. The van der Waals surface area contributed by atoms with Crippen LogP contribution in [0.1, 0.15) is 82.3 Å². The van der Waals surface area contributed by atoms with E-state index in [0.717, 1.165) is 12.8 Å². The summed E-state index contributed by atoms with van der Waals surface area (Å²) in [5, 5.41) is 8.64. The molecule has 0 saturated carbocycles. The predicted octanol–water partition coefficient (Wildman–Crippen LogP) is 6.98. The first kappa shape index (κ1) is 21.2. The normalized spacial score (nSPS) is 11.4. The molecule has 0 radical (unpaired) electrons. The fourth-order valence-electron chi connectivity index (χ4n) is 3.88. The highest BCUT2D eigenvalue weighted by Gasteiger charge is 2.27. The van der Waals surface area contributed by atoms with Crippen molar-refractivity contribution in [1.82, 2.24) is 0 Å². The Bertz CT molecular complexity index is 609. The van der Waals surface area contributed by atoms with Crippen LogP contribution >= 0.6 is 0 Å². The Kier molecular flexibility index (Phi) is 9.10. The van der Waals surface area contributed by atoms with Gasteiger partial charge >= 0.3 is 5.97 Å². The van der Waals surface area contributed by atoms with Crippen LogP contribution in [0.15, 0.2) is 60.7 Å². The standard InChI is InChI=1S/C25H34O2/c1-25(22-16-10-8-11-17-22,23-18-12-9-13-19-23)21-15-7-5-3-2-4-6-14-20-24(26)27/h8-13,16-19H,2-7,14-15,20-21H2,1H3,(H,26,27). The Morgan fingerprint density at radius 3 is 1.56 bits per heavy atom. The molecule has 0 unspecified atom stereocenters. The lowest BCUT2D eigenvalue weighted by Gasteiger charge is -2.31. The molecule has 0 aromatic heterocycles. The molecule has 0 aliphatic rings. The summed E-state index contributed by atoms with van der Waals surface area (Å²) < 4.78 is 0. The lowest BCUT2D eigenvalue weighted by Crippen LogP contribution is -2.23. The lowest BCUT2D eigenvalue weighted by atomic mass is 9.72. The molecule has 2 aromatic carbocycles. The van der Waals surface area contributed by atoms with Crippen molar-refractivity contribution in [2.75, 3.05) is 0 Å². The number of hydrogen-bond donors (Lipinski definition) is 1. The van der Waals surface area contributed by atoms with Crippen molar-refractivity contribution in [2.45, 2.75) is 76.5 Å². The molecule has 0 heterocycles. The molecular weight excluding hydrogens is 332 g/mol. The maximum absolute atomic E-state index is 10.5. The Morgan fingerprint density at radius 2 is 1.11 bits per heavy atom. The van der Waals surface area contributed by atoms with E-state index in [0.29, 0.717) is 6.42 Å². The first-order chi connectivity index (χ1) is 13.1. The maximum Gasteiger partial charge on any atom is 0.303 e. The first-order valence-corrected chi connectivity index (χ1v) is 10.5. The second-order valence-corrected chi connectivity index (χ2v) is 7.79. The van der Waals surface area contributed by atoms with Gasteiger partial charge in [0.2, 0.25) is 0 Å². The smallest absolute Gasteiger partial charge is 0.303 e. The molecule has 0 spiro atoms. The van der Waals surface area contributed by atoms with Crippen molar-refractivity contribution in [2.24, 2.45) is 0 Å². The summed E-state index contributed by atoms with van der Waals surface area (Å²) >= 11 is 0. The number of carboxylic acids is 1. The van der Waals surface area contributed by atoms with Crippen molar-refractivity contribution < 1.29 is 9.90 Å². The van der Waals surface area contributed by atoms with Gasteiger partial charge in [-0.3, -0.25) is 4.79 Å². The maximum atomic E-state index is 10.5. The lowest BCUT2D eigenvalue weighted by molar-refractivity contribution is -0.137. The summed E-state index contributed by atoms with van der Waals surface area (Å²) in [6.07, 6.45) is 10.8. The number of rotatable bonds is 13. The SMILES string of the molecule is CC(CCCCCCCCCCC(=O)O)(c1ccccc1)c1ccccc1. The third-order valence-corrected chi connectivity index (χ3v) is 5.64. The van der Waals surface area contributed by atoms with Gasteiger partial charge in [0.25, 0.3) is 0 Å². The van der Waals surface area contributed by atoms with Crippen LogP contribution in [0.4, 0.5) is 0 Å². The third-order valence-electron chi connectivity index (χ3n) is 5.64. The molecule has 1 N–H and O–H groups in total. The molecular formula is C25H34O2. The minimum Gasteiger partial charge on any atom is -0.481 e. The largest absolute Gasteiger partial charge is 0.481 e. The van der Waals surface area contributed by atoms with Gasteiger partial charge in [-0.1, -0.05) is 113 Å². The number of carboxylic acid groups (broad SMARTS) is 1. The second-order valence-electron chi connectivity index (χ2n) is 7.79. The Hall–Kier alpha value is -2.09. The molecule has 0 aliphatic heterocycles. The van der Waals surface area contributed by atoms with E-state index in [9.17, 15) is 4.79 Å². The zero-order chi connectivity index (χ0) is 19.4. The zero-order valence-electron chi connectivity index (χ0n) is 16.7. The second kappa shape index (κ2) is 11.6.